The van der Waals surface area contributed by atoms with Crippen LogP contribution in [0.1, 0.15) is 61.6 Å². The first kappa shape index (κ1) is 29.8. The molecule has 246 valence electrons. The van der Waals surface area contributed by atoms with Gasteiger partial charge < -0.3 is 9.47 Å². The van der Waals surface area contributed by atoms with E-state index in [0.29, 0.717) is 35.8 Å². The first-order valence-corrected chi connectivity index (χ1v) is 18.8. The number of allylic oxidation sites excluding steroid dienone is 15. The van der Waals surface area contributed by atoms with Crippen LogP contribution in [0.4, 0.5) is 0 Å². The third kappa shape index (κ3) is 4.99. The van der Waals surface area contributed by atoms with Crippen LogP contribution in [0, 0.1) is 17.8 Å². The molecule has 1 aromatic heterocycles. The molecule has 50 heavy (non-hydrogen) atoms. The zero-order chi connectivity index (χ0) is 33.0. The summed E-state index contributed by atoms with van der Waals surface area (Å²) in [5.74, 6) is 1.96. The average Bonchev–Trinajstić information content (AvgIpc) is 3.71. The molecular formula is C48H44N2. The fourth-order valence-corrected chi connectivity index (χ4v) is 9.85. The van der Waals surface area contributed by atoms with Crippen molar-refractivity contribution >= 4 is 27.4 Å². The number of nitrogens with zero attached hydrogens (tertiary/aromatic N) is 2. The molecule has 0 fully saturated rings. The zero-order valence-corrected chi connectivity index (χ0v) is 28.6. The van der Waals surface area contributed by atoms with E-state index >= 15 is 0 Å². The highest BCUT2D eigenvalue weighted by atomic mass is 15.2. The monoisotopic (exact) mass is 648 g/mol. The fourth-order valence-electron chi connectivity index (χ4n) is 9.85. The Kier molecular flexibility index (Phi) is 7.36. The van der Waals surface area contributed by atoms with E-state index in [4.69, 9.17) is 0 Å². The Balaban J connectivity index is 0.983. The van der Waals surface area contributed by atoms with Crippen molar-refractivity contribution in [2.45, 2.75) is 56.5 Å². The van der Waals surface area contributed by atoms with Gasteiger partial charge in [0.2, 0.25) is 0 Å². The highest BCUT2D eigenvalue weighted by Crippen LogP contribution is 2.48. The SMILES string of the molecule is C1=CCC(C2C=CCC(n3c4ccccc4c4cc(C5=CC6C7=C(CCC=C7)N(C7=CC=CC(c8ccccc8)C7)C6C=C5)ccc43)C2)C=C1. The molecule has 2 heteroatoms. The van der Waals surface area contributed by atoms with Crippen LogP contribution in [0.5, 0.6) is 0 Å². The third-order valence-corrected chi connectivity index (χ3v) is 12.2. The summed E-state index contributed by atoms with van der Waals surface area (Å²) >= 11 is 0. The number of fused-ring (bicyclic) bond motifs is 5. The maximum atomic E-state index is 2.70. The number of benzene rings is 3. The lowest BCUT2D eigenvalue weighted by atomic mass is 9.79. The van der Waals surface area contributed by atoms with Gasteiger partial charge in [-0.2, -0.15) is 0 Å². The fraction of sp³-hybridized carbons (Fsp3) is 0.250. The molecule has 0 saturated heterocycles. The van der Waals surface area contributed by atoms with Crippen molar-refractivity contribution in [3.63, 3.8) is 0 Å². The Bertz CT molecular complexity index is 2260. The minimum Gasteiger partial charge on any atom is -0.341 e. The lowest BCUT2D eigenvalue weighted by molar-refractivity contribution is 0.340. The van der Waals surface area contributed by atoms with Gasteiger partial charge in [0, 0.05) is 51.1 Å². The molecule has 0 spiro atoms. The van der Waals surface area contributed by atoms with Gasteiger partial charge in [-0.3, -0.25) is 0 Å². The van der Waals surface area contributed by atoms with E-state index in [0.717, 1.165) is 32.1 Å². The third-order valence-electron chi connectivity index (χ3n) is 12.2. The second kappa shape index (κ2) is 12.4. The summed E-state index contributed by atoms with van der Waals surface area (Å²) in [6, 6.07) is 28.2. The number of hydrogen-bond acceptors (Lipinski definition) is 1. The Hall–Kier alpha value is -5.08. The predicted octanol–water partition coefficient (Wildman–Crippen LogP) is 11.9. The molecule has 2 nitrogen and oxygen atoms in total. The smallest absolute Gasteiger partial charge is 0.0623 e. The van der Waals surface area contributed by atoms with Crippen molar-refractivity contribution in [1.82, 2.24) is 9.47 Å². The van der Waals surface area contributed by atoms with E-state index in [1.54, 1.807) is 0 Å². The van der Waals surface area contributed by atoms with Crippen LogP contribution in [0.2, 0.25) is 0 Å². The van der Waals surface area contributed by atoms with E-state index in [-0.39, 0.29) is 0 Å². The van der Waals surface area contributed by atoms with E-state index in [2.05, 4.69) is 167 Å². The van der Waals surface area contributed by atoms with Crippen LogP contribution in [-0.4, -0.2) is 15.5 Å². The standard InChI is InChI=1S/C48H44N2/c1-3-13-33(14-4-1)35-17-11-19-39(29-35)49-45-23-9-7-21-41(45)43-31-37(25-27-47(43)49)38-26-28-48-44(32-38)42-22-8-10-24-46(42)50(48)40-20-12-18-36(30-40)34-15-5-2-6-16-34/h1-9,11-13,15-18,20-23,25-28,31-33,35-36,39,44,48H,10,14,19,24,29-30H2. The molecule has 2 heterocycles. The molecule has 3 aromatic carbocycles. The number of hydrogen-bond donors (Lipinski definition) is 0. The van der Waals surface area contributed by atoms with Crippen molar-refractivity contribution in [2.75, 3.05) is 0 Å². The van der Waals surface area contributed by atoms with Crippen LogP contribution in [0.25, 0.3) is 27.4 Å². The van der Waals surface area contributed by atoms with Crippen molar-refractivity contribution in [3.05, 3.63) is 186 Å². The lowest BCUT2D eigenvalue weighted by Crippen LogP contribution is -2.33. The molecule has 0 N–H and O–H groups in total. The molecule has 0 bridgehead atoms. The summed E-state index contributed by atoms with van der Waals surface area (Å²) in [6.07, 6.45) is 40.2. The van der Waals surface area contributed by atoms with Crippen LogP contribution in [0.15, 0.2) is 175 Å². The van der Waals surface area contributed by atoms with Gasteiger partial charge in [-0.15, -0.1) is 0 Å². The quantitative estimate of drug-likeness (QED) is 0.196. The van der Waals surface area contributed by atoms with Crippen LogP contribution < -0.4 is 0 Å². The normalized spacial score (nSPS) is 28.4. The topological polar surface area (TPSA) is 8.17 Å². The Labute approximate surface area is 296 Å². The van der Waals surface area contributed by atoms with Gasteiger partial charge in [0.1, 0.15) is 0 Å². The number of rotatable bonds is 5. The molecule has 6 unspecified atom stereocenters. The molecule has 0 radical (unpaired) electrons. The van der Waals surface area contributed by atoms with Gasteiger partial charge in [0.05, 0.1) is 6.04 Å². The number of aromatic nitrogens is 1. The Morgan fingerprint density at radius 1 is 0.680 bits per heavy atom. The average molecular weight is 649 g/mol. The highest BCUT2D eigenvalue weighted by molar-refractivity contribution is 6.09. The van der Waals surface area contributed by atoms with Gasteiger partial charge in [-0.05, 0) is 96.9 Å². The molecule has 6 atom stereocenters. The maximum absolute atomic E-state index is 2.70. The summed E-state index contributed by atoms with van der Waals surface area (Å²) in [5, 5.41) is 2.74. The van der Waals surface area contributed by atoms with E-state index in [1.165, 1.54) is 61.9 Å². The second-order valence-electron chi connectivity index (χ2n) is 15.0. The van der Waals surface area contributed by atoms with Crippen LogP contribution in [0.3, 0.4) is 0 Å². The summed E-state index contributed by atoms with van der Waals surface area (Å²) in [5.41, 5.74) is 11.3. The zero-order valence-electron chi connectivity index (χ0n) is 28.6. The molecule has 4 aromatic rings. The number of para-hydroxylation sites is 1. The molecule has 6 aliphatic rings. The van der Waals surface area contributed by atoms with Crippen molar-refractivity contribution < 1.29 is 0 Å². The van der Waals surface area contributed by atoms with Crippen LogP contribution >= 0.6 is 0 Å². The van der Waals surface area contributed by atoms with Crippen molar-refractivity contribution in [1.29, 1.82) is 0 Å². The van der Waals surface area contributed by atoms with Crippen molar-refractivity contribution in [2.24, 2.45) is 17.8 Å². The van der Waals surface area contributed by atoms with E-state index < -0.39 is 0 Å². The first-order chi connectivity index (χ1) is 24.8. The molecule has 0 saturated carbocycles. The lowest BCUT2D eigenvalue weighted by Gasteiger charge is -2.36. The van der Waals surface area contributed by atoms with E-state index in [1.807, 2.05) is 0 Å². The van der Waals surface area contributed by atoms with Gasteiger partial charge in [0.25, 0.3) is 0 Å². The summed E-state index contributed by atoms with van der Waals surface area (Å²) < 4.78 is 2.67. The summed E-state index contributed by atoms with van der Waals surface area (Å²) in [4.78, 5) is 2.70. The molecule has 0 amide bonds. The molecule has 5 aliphatic carbocycles. The maximum Gasteiger partial charge on any atom is 0.0623 e. The van der Waals surface area contributed by atoms with Crippen molar-refractivity contribution in [3.8, 4) is 0 Å². The molecule has 10 rings (SSSR count). The van der Waals surface area contributed by atoms with Gasteiger partial charge in [-0.1, -0.05) is 134 Å². The summed E-state index contributed by atoms with van der Waals surface area (Å²) in [7, 11) is 0. The summed E-state index contributed by atoms with van der Waals surface area (Å²) in [6.45, 7) is 0. The van der Waals surface area contributed by atoms with Gasteiger partial charge in [0.15, 0.2) is 0 Å². The van der Waals surface area contributed by atoms with Crippen LogP contribution in [-0.2, 0) is 0 Å². The van der Waals surface area contributed by atoms with E-state index in [9.17, 15) is 0 Å². The largest absolute Gasteiger partial charge is 0.341 e. The van der Waals surface area contributed by atoms with Gasteiger partial charge >= 0.3 is 0 Å². The highest BCUT2D eigenvalue weighted by Gasteiger charge is 2.41. The predicted molar refractivity (Wildman–Crippen MR) is 209 cm³/mol. The second-order valence-corrected chi connectivity index (χ2v) is 15.0. The molecular weight excluding hydrogens is 605 g/mol. The molecule has 1 aliphatic heterocycles. The minimum absolute atomic E-state index is 0.327. The first-order valence-electron chi connectivity index (χ1n) is 18.8. The Morgan fingerprint density at radius 3 is 2.50 bits per heavy atom. The van der Waals surface area contributed by atoms with Gasteiger partial charge in [-0.25, -0.2) is 0 Å². The Morgan fingerprint density at radius 2 is 1.58 bits per heavy atom. The minimum atomic E-state index is 0.327.